The molecule has 0 saturated heterocycles. The number of carbonyl (C=O) groups is 4. The van der Waals surface area contributed by atoms with Crippen LogP contribution in [0.1, 0.15) is 23.9 Å². The second-order valence-electron chi connectivity index (χ2n) is 8.55. The van der Waals surface area contributed by atoms with E-state index in [1.807, 2.05) is 6.07 Å². The van der Waals surface area contributed by atoms with Crippen LogP contribution >= 0.6 is 0 Å². The highest BCUT2D eigenvalue weighted by molar-refractivity contribution is 5.94. The summed E-state index contributed by atoms with van der Waals surface area (Å²) in [7, 11) is 0. The van der Waals surface area contributed by atoms with E-state index in [2.05, 4.69) is 35.9 Å². The second-order valence-corrected chi connectivity index (χ2v) is 8.55. The van der Waals surface area contributed by atoms with E-state index >= 15 is 0 Å². The lowest BCUT2D eigenvalue weighted by Gasteiger charge is -2.24. The molecule has 3 amide bonds. The van der Waals surface area contributed by atoms with Gasteiger partial charge in [-0.05, 0) is 12.5 Å². The fourth-order valence-corrected chi connectivity index (χ4v) is 3.56. The van der Waals surface area contributed by atoms with E-state index in [-0.39, 0.29) is 19.3 Å². The molecule has 2 heterocycles. The Morgan fingerprint density at radius 3 is 2.00 bits per heavy atom. The normalized spacial score (nSPS) is 14.1. The average molecular weight is 511 g/mol. The van der Waals surface area contributed by atoms with Crippen LogP contribution in [0.2, 0.25) is 0 Å². The SMILES string of the molecule is CC(NC(=O)C(N)Cc1cnc[nH]1)C(=O)NC(Cc1ccccc1)C(=O)NC(Cc1cnc[nH]1)C(=O)O. The standard InChI is InChI=1S/C24H30N8O5/c1-14(30-22(34)18(25)8-16-10-26-12-28-16)21(33)31-19(7-15-5-3-2-4-6-15)23(35)32-20(24(36)37)9-17-11-27-13-29-17/h2-6,10-14,18-20H,7-9,25H2,1H3,(H,26,28)(H,27,29)(H,30,34)(H,31,33)(H,32,35)(H,36,37). The lowest BCUT2D eigenvalue weighted by atomic mass is 10.0. The first-order chi connectivity index (χ1) is 17.7. The van der Waals surface area contributed by atoms with E-state index in [1.54, 1.807) is 30.5 Å². The maximum atomic E-state index is 13.1. The number of aliphatic carboxylic acids is 1. The van der Waals surface area contributed by atoms with Crippen molar-refractivity contribution >= 4 is 23.7 Å². The van der Waals surface area contributed by atoms with Crippen LogP contribution in [0, 0.1) is 0 Å². The molecule has 37 heavy (non-hydrogen) atoms. The Morgan fingerprint density at radius 1 is 0.838 bits per heavy atom. The van der Waals surface area contributed by atoms with Crippen molar-refractivity contribution in [3.05, 3.63) is 72.3 Å². The summed E-state index contributed by atoms with van der Waals surface area (Å²) in [6, 6.07) is 4.67. The van der Waals surface area contributed by atoms with Gasteiger partial charge in [-0.3, -0.25) is 14.4 Å². The van der Waals surface area contributed by atoms with Crippen LogP contribution in [0.15, 0.2) is 55.4 Å². The Morgan fingerprint density at radius 2 is 1.43 bits per heavy atom. The van der Waals surface area contributed by atoms with Gasteiger partial charge in [-0.1, -0.05) is 30.3 Å². The number of amides is 3. The number of hydrogen-bond donors (Lipinski definition) is 7. The molecule has 0 saturated carbocycles. The van der Waals surface area contributed by atoms with Crippen molar-refractivity contribution in [2.24, 2.45) is 5.73 Å². The van der Waals surface area contributed by atoms with Gasteiger partial charge < -0.3 is 36.8 Å². The van der Waals surface area contributed by atoms with Crippen molar-refractivity contribution in [1.29, 1.82) is 0 Å². The number of imidazole rings is 2. The predicted molar refractivity (Wildman–Crippen MR) is 132 cm³/mol. The molecular formula is C24H30N8O5. The number of carbonyl (C=O) groups excluding carboxylic acids is 3. The number of nitrogens with one attached hydrogen (secondary N) is 5. The first-order valence-corrected chi connectivity index (χ1v) is 11.6. The molecule has 0 fully saturated rings. The summed E-state index contributed by atoms with van der Waals surface area (Å²) in [6.07, 6.45) is 6.18. The largest absolute Gasteiger partial charge is 0.480 e. The molecule has 3 aromatic rings. The highest BCUT2D eigenvalue weighted by atomic mass is 16.4. The van der Waals surface area contributed by atoms with E-state index in [0.717, 1.165) is 5.56 Å². The average Bonchev–Trinajstić information content (AvgIpc) is 3.58. The molecule has 0 aliphatic carbocycles. The highest BCUT2D eigenvalue weighted by Gasteiger charge is 2.29. The Hall–Kier alpha value is -4.52. The zero-order chi connectivity index (χ0) is 26.8. The van der Waals surface area contributed by atoms with E-state index in [9.17, 15) is 24.3 Å². The Balaban J connectivity index is 1.65. The van der Waals surface area contributed by atoms with Gasteiger partial charge in [0.2, 0.25) is 17.7 Å². The van der Waals surface area contributed by atoms with E-state index in [0.29, 0.717) is 11.4 Å². The molecule has 3 rings (SSSR count). The number of hydrogen-bond acceptors (Lipinski definition) is 7. The van der Waals surface area contributed by atoms with Gasteiger partial charge in [-0.15, -0.1) is 0 Å². The number of H-pyrrole nitrogens is 2. The van der Waals surface area contributed by atoms with E-state index in [4.69, 9.17) is 5.73 Å². The van der Waals surface area contributed by atoms with Gasteiger partial charge in [-0.2, -0.15) is 0 Å². The van der Waals surface area contributed by atoms with Crippen molar-refractivity contribution in [3.8, 4) is 0 Å². The summed E-state index contributed by atoms with van der Waals surface area (Å²) in [4.78, 5) is 63.6. The molecule has 2 aromatic heterocycles. The number of carboxylic acids is 1. The summed E-state index contributed by atoms with van der Waals surface area (Å²) in [5.74, 6) is -3.09. The number of carboxylic acid groups (broad SMARTS) is 1. The van der Waals surface area contributed by atoms with Crippen LogP contribution in [0.3, 0.4) is 0 Å². The third-order valence-electron chi connectivity index (χ3n) is 5.59. The summed E-state index contributed by atoms with van der Waals surface area (Å²) < 4.78 is 0. The number of aromatic amines is 2. The van der Waals surface area contributed by atoms with Gasteiger partial charge in [0.25, 0.3) is 0 Å². The van der Waals surface area contributed by atoms with E-state index in [1.165, 1.54) is 25.8 Å². The molecule has 0 aliphatic rings. The van der Waals surface area contributed by atoms with E-state index < -0.39 is 47.9 Å². The van der Waals surface area contributed by atoms with Crippen molar-refractivity contribution in [2.45, 2.75) is 50.4 Å². The van der Waals surface area contributed by atoms with Crippen molar-refractivity contribution < 1.29 is 24.3 Å². The first-order valence-electron chi connectivity index (χ1n) is 11.6. The topological polar surface area (TPSA) is 208 Å². The van der Waals surface area contributed by atoms with Crippen LogP contribution in [-0.2, 0) is 38.4 Å². The fraction of sp³-hybridized carbons (Fsp3) is 0.333. The Labute approximate surface area is 212 Å². The molecule has 4 unspecified atom stereocenters. The third kappa shape index (κ3) is 8.28. The lowest BCUT2D eigenvalue weighted by Crippen LogP contribution is -2.57. The van der Waals surface area contributed by atoms with Gasteiger partial charge in [0.05, 0.1) is 18.7 Å². The van der Waals surface area contributed by atoms with Gasteiger partial charge in [0, 0.05) is 43.0 Å². The summed E-state index contributed by atoms with van der Waals surface area (Å²) in [5.41, 5.74) is 7.88. The van der Waals surface area contributed by atoms with Gasteiger partial charge in [0.1, 0.15) is 18.1 Å². The Bertz CT molecular complexity index is 1170. The molecule has 13 heteroatoms. The smallest absolute Gasteiger partial charge is 0.326 e. The maximum absolute atomic E-state index is 13.1. The van der Waals surface area contributed by atoms with Crippen LogP contribution in [0.25, 0.3) is 0 Å². The van der Waals surface area contributed by atoms with Crippen molar-refractivity contribution in [2.75, 3.05) is 0 Å². The number of benzene rings is 1. The molecular weight excluding hydrogens is 480 g/mol. The number of nitrogens with zero attached hydrogens (tertiary/aromatic N) is 2. The van der Waals surface area contributed by atoms with Gasteiger partial charge in [-0.25, -0.2) is 14.8 Å². The van der Waals surface area contributed by atoms with Crippen LogP contribution < -0.4 is 21.7 Å². The molecule has 0 aliphatic heterocycles. The minimum absolute atomic E-state index is 0.0201. The van der Waals surface area contributed by atoms with Crippen molar-refractivity contribution in [1.82, 2.24) is 35.9 Å². The van der Waals surface area contributed by atoms with Crippen LogP contribution in [0.5, 0.6) is 0 Å². The summed E-state index contributed by atoms with van der Waals surface area (Å²) in [6.45, 7) is 1.46. The molecule has 0 radical (unpaired) electrons. The zero-order valence-corrected chi connectivity index (χ0v) is 20.2. The van der Waals surface area contributed by atoms with Crippen LogP contribution in [0.4, 0.5) is 0 Å². The predicted octanol–water partition coefficient (Wildman–Crippen LogP) is -0.953. The minimum atomic E-state index is -1.25. The minimum Gasteiger partial charge on any atom is -0.480 e. The highest BCUT2D eigenvalue weighted by Crippen LogP contribution is 2.06. The number of rotatable bonds is 13. The van der Waals surface area contributed by atoms with Crippen LogP contribution in [-0.4, -0.2) is 72.9 Å². The fourth-order valence-electron chi connectivity index (χ4n) is 3.56. The van der Waals surface area contributed by atoms with Gasteiger partial charge >= 0.3 is 5.97 Å². The number of aromatic nitrogens is 4. The molecule has 0 bridgehead atoms. The lowest BCUT2D eigenvalue weighted by molar-refractivity contribution is -0.142. The van der Waals surface area contributed by atoms with Crippen molar-refractivity contribution in [3.63, 3.8) is 0 Å². The maximum Gasteiger partial charge on any atom is 0.326 e. The second kappa shape index (κ2) is 13.0. The molecule has 13 nitrogen and oxygen atoms in total. The molecule has 1 aromatic carbocycles. The molecule has 8 N–H and O–H groups in total. The quantitative estimate of drug-likeness (QED) is 0.152. The molecule has 196 valence electrons. The summed E-state index contributed by atoms with van der Waals surface area (Å²) >= 11 is 0. The first kappa shape index (κ1) is 27.1. The monoisotopic (exact) mass is 510 g/mol. The zero-order valence-electron chi connectivity index (χ0n) is 20.2. The summed E-state index contributed by atoms with van der Waals surface area (Å²) in [5, 5.41) is 17.3. The number of nitrogens with two attached hydrogens (primary N) is 1. The molecule has 4 atom stereocenters. The third-order valence-corrected chi connectivity index (χ3v) is 5.59. The Kier molecular flexibility index (Phi) is 9.49. The molecule has 0 spiro atoms. The van der Waals surface area contributed by atoms with Gasteiger partial charge in [0.15, 0.2) is 0 Å².